The van der Waals surface area contributed by atoms with E-state index in [1.807, 2.05) is 22.9 Å². The minimum atomic E-state index is -0.513. The van der Waals surface area contributed by atoms with Crippen molar-refractivity contribution in [3.63, 3.8) is 0 Å². The predicted octanol–water partition coefficient (Wildman–Crippen LogP) is 4.25. The highest BCUT2D eigenvalue weighted by molar-refractivity contribution is 7.14. The normalized spacial score (nSPS) is 12.2. The molecule has 0 amide bonds. The Morgan fingerprint density at radius 1 is 1.33 bits per heavy atom. The quantitative estimate of drug-likeness (QED) is 0.386. The second-order valence-corrected chi connectivity index (χ2v) is 6.82. The van der Waals surface area contributed by atoms with E-state index in [-0.39, 0.29) is 10.7 Å². The van der Waals surface area contributed by atoms with Crippen molar-refractivity contribution in [1.29, 1.82) is 0 Å². The van der Waals surface area contributed by atoms with Crippen LogP contribution in [-0.4, -0.2) is 22.9 Å². The number of hydrogen-bond donors (Lipinski definition) is 0. The van der Waals surface area contributed by atoms with Crippen molar-refractivity contribution in [3.05, 3.63) is 66.6 Å². The van der Waals surface area contributed by atoms with Gasteiger partial charge in [-0.05, 0) is 17.5 Å². The fourth-order valence-electron chi connectivity index (χ4n) is 2.03. The standard InChI is InChI=1S/C15H11ClN4O2S2/c1-17-15-19(13(9-24-15)14-3-2-6-23-14)18-8-10-4-5-11(16)12(7-10)20(21)22/h2-9H,1H3/b17-15?,18-8+. The second kappa shape index (κ2) is 7.08. The van der Waals surface area contributed by atoms with Gasteiger partial charge in [0.1, 0.15) is 5.02 Å². The molecule has 2 heterocycles. The molecule has 0 saturated carbocycles. The lowest BCUT2D eigenvalue weighted by Gasteiger charge is -2.01. The summed E-state index contributed by atoms with van der Waals surface area (Å²) in [6.45, 7) is 0. The number of aromatic nitrogens is 1. The zero-order valence-electron chi connectivity index (χ0n) is 12.4. The summed E-state index contributed by atoms with van der Waals surface area (Å²) in [5.74, 6) is 0. The number of nitro groups is 1. The first-order valence-corrected chi connectivity index (χ1v) is 8.89. The van der Waals surface area contributed by atoms with Crippen LogP contribution in [0.4, 0.5) is 5.69 Å². The lowest BCUT2D eigenvalue weighted by molar-refractivity contribution is -0.384. The van der Waals surface area contributed by atoms with E-state index in [2.05, 4.69) is 10.1 Å². The van der Waals surface area contributed by atoms with E-state index in [9.17, 15) is 10.1 Å². The molecule has 122 valence electrons. The van der Waals surface area contributed by atoms with Crippen LogP contribution in [0, 0.1) is 10.1 Å². The van der Waals surface area contributed by atoms with Crippen LogP contribution in [-0.2, 0) is 0 Å². The monoisotopic (exact) mass is 378 g/mol. The summed E-state index contributed by atoms with van der Waals surface area (Å²) in [5, 5.41) is 19.5. The minimum absolute atomic E-state index is 0.101. The molecule has 0 fully saturated rings. The molecule has 0 atom stereocenters. The number of nitro benzene ring substituents is 1. The van der Waals surface area contributed by atoms with Crippen molar-refractivity contribution < 1.29 is 4.92 Å². The third-order valence-corrected chi connectivity index (χ3v) is 5.26. The summed E-state index contributed by atoms with van der Waals surface area (Å²) in [4.78, 5) is 16.5. The molecule has 1 aromatic carbocycles. The van der Waals surface area contributed by atoms with E-state index >= 15 is 0 Å². The average molecular weight is 379 g/mol. The van der Waals surface area contributed by atoms with Crippen molar-refractivity contribution >= 4 is 46.2 Å². The van der Waals surface area contributed by atoms with Crippen LogP contribution < -0.4 is 4.80 Å². The van der Waals surface area contributed by atoms with E-state index in [4.69, 9.17) is 11.6 Å². The molecular weight excluding hydrogens is 368 g/mol. The molecule has 2 aromatic heterocycles. The van der Waals surface area contributed by atoms with Gasteiger partial charge in [-0.2, -0.15) is 5.10 Å². The van der Waals surface area contributed by atoms with Crippen LogP contribution >= 0.6 is 34.3 Å². The lowest BCUT2D eigenvalue weighted by atomic mass is 10.2. The molecule has 0 bridgehead atoms. The van der Waals surface area contributed by atoms with Gasteiger partial charge in [0, 0.05) is 24.1 Å². The number of thiazole rings is 1. The van der Waals surface area contributed by atoms with Crippen molar-refractivity contribution in [3.8, 4) is 10.6 Å². The zero-order chi connectivity index (χ0) is 17.1. The van der Waals surface area contributed by atoms with E-state index in [1.54, 1.807) is 35.3 Å². The molecule has 3 rings (SSSR count). The van der Waals surface area contributed by atoms with Crippen molar-refractivity contribution in [1.82, 2.24) is 4.68 Å². The van der Waals surface area contributed by atoms with Gasteiger partial charge in [-0.15, -0.1) is 22.7 Å². The Morgan fingerprint density at radius 2 is 2.17 bits per heavy atom. The third kappa shape index (κ3) is 3.30. The van der Waals surface area contributed by atoms with Gasteiger partial charge in [-0.3, -0.25) is 15.1 Å². The highest BCUT2D eigenvalue weighted by Crippen LogP contribution is 2.26. The number of nitrogens with zero attached hydrogens (tertiary/aromatic N) is 4. The maximum Gasteiger partial charge on any atom is 0.288 e. The van der Waals surface area contributed by atoms with Crippen LogP contribution in [0.1, 0.15) is 5.56 Å². The molecule has 0 aliphatic heterocycles. The predicted molar refractivity (Wildman–Crippen MR) is 98.2 cm³/mol. The first-order chi connectivity index (χ1) is 11.6. The molecule has 0 radical (unpaired) electrons. The third-order valence-electron chi connectivity index (χ3n) is 3.14. The SMILES string of the molecule is CN=c1scc(-c2cccs2)n1/N=C/c1ccc(Cl)c([N+](=O)[O-])c1. The summed E-state index contributed by atoms with van der Waals surface area (Å²) in [6, 6.07) is 8.54. The number of benzene rings is 1. The van der Waals surface area contributed by atoms with Gasteiger partial charge in [0.05, 0.1) is 21.7 Å². The number of hydrogen-bond acceptors (Lipinski definition) is 6. The molecule has 6 nitrogen and oxygen atoms in total. The van der Waals surface area contributed by atoms with E-state index in [0.29, 0.717) is 5.56 Å². The van der Waals surface area contributed by atoms with Gasteiger partial charge in [-0.1, -0.05) is 23.7 Å². The molecular formula is C15H11ClN4O2S2. The Balaban J connectivity index is 2.03. The average Bonchev–Trinajstić information content (AvgIpc) is 3.22. The Bertz CT molecular complexity index is 974. The Kier molecular flexibility index (Phi) is 4.89. The Hall–Kier alpha value is -2.29. The van der Waals surface area contributed by atoms with Gasteiger partial charge in [0.15, 0.2) is 0 Å². The topological polar surface area (TPSA) is 72.8 Å². The van der Waals surface area contributed by atoms with Gasteiger partial charge in [-0.25, -0.2) is 4.68 Å². The van der Waals surface area contributed by atoms with E-state index in [1.165, 1.54) is 23.5 Å². The summed E-state index contributed by atoms with van der Waals surface area (Å²) < 4.78 is 1.72. The minimum Gasteiger partial charge on any atom is -0.261 e. The fourth-order valence-corrected chi connectivity index (χ4v) is 3.81. The van der Waals surface area contributed by atoms with E-state index in [0.717, 1.165) is 15.4 Å². The number of rotatable bonds is 4. The summed E-state index contributed by atoms with van der Waals surface area (Å²) >= 11 is 8.92. The molecule has 3 aromatic rings. The largest absolute Gasteiger partial charge is 0.288 e. The molecule has 0 aliphatic rings. The zero-order valence-corrected chi connectivity index (χ0v) is 14.8. The molecule has 0 aliphatic carbocycles. The highest BCUT2D eigenvalue weighted by Gasteiger charge is 2.12. The van der Waals surface area contributed by atoms with Crippen LogP contribution in [0.25, 0.3) is 10.6 Å². The molecule has 0 spiro atoms. The van der Waals surface area contributed by atoms with Crippen molar-refractivity contribution in [2.75, 3.05) is 7.05 Å². The van der Waals surface area contributed by atoms with E-state index < -0.39 is 4.92 Å². The van der Waals surface area contributed by atoms with Crippen LogP contribution in [0.5, 0.6) is 0 Å². The highest BCUT2D eigenvalue weighted by atomic mass is 35.5. The van der Waals surface area contributed by atoms with Crippen LogP contribution in [0.15, 0.2) is 51.2 Å². The number of thiophene rings is 1. The first kappa shape index (κ1) is 16.6. The Labute approximate surface area is 150 Å². The molecule has 24 heavy (non-hydrogen) atoms. The maximum absolute atomic E-state index is 11.0. The second-order valence-electron chi connectivity index (χ2n) is 4.63. The van der Waals surface area contributed by atoms with Gasteiger partial charge in [0.2, 0.25) is 4.80 Å². The summed E-state index contributed by atoms with van der Waals surface area (Å²) in [6.07, 6.45) is 1.56. The van der Waals surface area contributed by atoms with Crippen molar-refractivity contribution in [2.24, 2.45) is 10.1 Å². The summed E-state index contributed by atoms with van der Waals surface area (Å²) in [5.41, 5.74) is 1.37. The van der Waals surface area contributed by atoms with Crippen LogP contribution in [0.3, 0.4) is 0 Å². The molecule has 0 unspecified atom stereocenters. The fraction of sp³-hybridized carbons (Fsp3) is 0.0667. The molecule has 9 heteroatoms. The van der Waals surface area contributed by atoms with Gasteiger partial charge in [0.25, 0.3) is 5.69 Å². The summed E-state index contributed by atoms with van der Waals surface area (Å²) in [7, 11) is 1.70. The number of halogens is 1. The van der Waals surface area contributed by atoms with Crippen LogP contribution in [0.2, 0.25) is 5.02 Å². The van der Waals surface area contributed by atoms with Crippen molar-refractivity contribution in [2.45, 2.75) is 0 Å². The lowest BCUT2D eigenvalue weighted by Crippen LogP contribution is -2.11. The van der Waals surface area contributed by atoms with Gasteiger partial charge < -0.3 is 0 Å². The van der Waals surface area contributed by atoms with Gasteiger partial charge >= 0.3 is 0 Å². The maximum atomic E-state index is 11.0. The Morgan fingerprint density at radius 3 is 2.83 bits per heavy atom. The first-order valence-electron chi connectivity index (χ1n) is 6.75. The molecule has 0 N–H and O–H groups in total. The smallest absolute Gasteiger partial charge is 0.261 e. The molecule has 0 saturated heterocycles.